The fraction of sp³-hybridized carbons (Fsp3) is 0.647. The van der Waals surface area contributed by atoms with E-state index in [1.165, 1.54) is 6.07 Å². The first-order chi connectivity index (χ1) is 10.4. The van der Waals surface area contributed by atoms with Crippen LogP contribution in [0.1, 0.15) is 45.1 Å². The van der Waals surface area contributed by atoms with Crippen molar-refractivity contribution < 1.29 is 18.6 Å². The van der Waals surface area contributed by atoms with Crippen LogP contribution in [0.4, 0.5) is 4.39 Å². The van der Waals surface area contributed by atoms with Crippen molar-refractivity contribution in [1.29, 1.82) is 0 Å². The molecule has 0 bridgehead atoms. The Labute approximate surface area is 131 Å². The minimum absolute atomic E-state index is 0.128. The van der Waals surface area contributed by atoms with Gasteiger partial charge in [-0.25, -0.2) is 4.39 Å². The van der Waals surface area contributed by atoms with Crippen molar-refractivity contribution in [1.82, 2.24) is 0 Å². The lowest BCUT2D eigenvalue weighted by atomic mass is 9.96. The molecule has 2 rings (SSSR count). The normalized spacial score (nSPS) is 21.8. The molecule has 2 atom stereocenters. The molecule has 0 radical (unpaired) electrons. The van der Waals surface area contributed by atoms with Crippen LogP contribution in [0.3, 0.4) is 0 Å². The highest BCUT2D eigenvalue weighted by Gasteiger charge is 2.33. The summed E-state index contributed by atoms with van der Waals surface area (Å²) < 4.78 is 30.6. The zero-order valence-electron chi connectivity index (χ0n) is 13.6. The lowest BCUT2D eigenvalue weighted by molar-refractivity contribution is -0.141. The second-order valence-electron chi connectivity index (χ2n) is 6.31. The van der Waals surface area contributed by atoms with Gasteiger partial charge in [-0.15, -0.1) is 0 Å². The highest BCUT2D eigenvalue weighted by molar-refractivity contribution is 5.31. The molecule has 1 fully saturated rings. The van der Waals surface area contributed by atoms with Gasteiger partial charge in [0, 0.05) is 6.07 Å². The van der Waals surface area contributed by atoms with Gasteiger partial charge in [-0.1, -0.05) is 6.92 Å². The second kappa shape index (κ2) is 7.40. The largest absolute Gasteiger partial charge is 0.491 e. The molecule has 1 aromatic rings. The molecule has 2 N–H and O–H groups in total. The number of ether oxygens (including phenoxy) is 3. The number of halogens is 1. The molecule has 0 amide bonds. The lowest BCUT2D eigenvalue weighted by Gasteiger charge is -2.18. The molecule has 1 saturated heterocycles. The first-order valence-corrected chi connectivity index (χ1v) is 7.85. The number of rotatable bonds is 7. The summed E-state index contributed by atoms with van der Waals surface area (Å²) >= 11 is 0. The van der Waals surface area contributed by atoms with E-state index in [0.29, 0.717) is 25.5 Å². The van der Waals surface area contributed by atoms with Crippen LogP contribution in [0.2, 0.25) is 0 Å². The first kappa shape index (κ1) is 17.2. The van der Waals surface area contributed by atoms with Crippen molar-refractivity contribution in [3.8, 4) is 5.75 Å². The van der Waals surface area contributed by atoms with Gasteiger partial charge >= 0.3 is 0 Å². The summed E-state index contributed by atoms with van der Waals surface area (Å²) in [6.07, 6.45) is 1.74. The van der Waals surface area contributed by atoms with Crippen molar-refractivity contribution in [3.05, 3.63) is 29.6 Å². The third-order valence-electron chi connectivity index (χ3n) is 3.81. The molecular formula is C17H26FNO3. The van der Waals surface area contributed by atoms with Crippen molar-refractivity contribution in [3.63, 3.8) is 0 Å². The Morgan fingerprint density at radius 1 is 1.41 bits per heavy atom. The van der Waals surface area contributed by atoms with E-state index in [1.807, 2.05) is 19.9 Å². The van der Waals surface area contributed by atoms with Gasteiger partial charge in [0.25, 0.3) is 0 Å². The summed E-state index contributed by atoms with van der Waals surface area (Å²) in [7, 11) is 0. The average molecular weight is 311 g/mol. The van der Waals surface area contributed by atoms with Crippen molar-refractivity contribution in [2.24, 2.45) is 5.73 Å². The van der Waals surface area contributed by atoms with E-state index in [4.69, 9.17) is 19.9 Å². The Morgan fingerprint density at radius 3 is 2.82 bits per heavy atom. The average Bonchev–Trinajstić information content (AvgIpc) is 2.81. The Hall–Kier alpha value is -1.17. The Kier molecular flexibility index (Phi) is 5.78. The molecule has 4 nitrogen and oxygen atoms in total. The molecule has 0 saturated carbocycles. The fourth-order valence-electron chi connectivity index (χ4n) is 2.58. The van der Waals surface area contributed by atoms with E-state index in [1.54, 1.807) is 6.07 Å². The highest BCUT2D eigenvalue weighted by atomic mass is 19.1. The smallest absolute Gasteiger partial charge is 0.163 e. The van der Waals surface area contributed by atoms with Crippen molar-refractivity contribution in [2.75, 3.05) is 19.8 Å². The molecule has 1 aromatic carbocycles. The van der Waals surface area contributed by atoms with E-state index in [-0.39, 0.29) is 17.8 Å². The number of hydrogen-bond donors (Lipinski definition) is 1. The topological polar surface area (TPSA) is 53.7 Å². The maximum absolute atomic E-state index is 13.8. The molecule has 1 aliphatic heterocycles. The standard InChI is InChI=1S/C17H26FNO3/c1-12(5-4-6-19)13-7-14(18)9-15(8-13)20-10-16-11-21-17(2,3)22-16/h7-9,12,16H,4-6,10-11,19H2,1-3H3. The van der Waals surface area contributed by atoms with Gasteiger partial charge in [0.15, 0.2) is 5.79 Å². The van der Waals surface area contributed by atoms with E-state index in [9.17, 15) is 4.39 Å². The second-order valence-corrected chi connectivity index (χ2v) is 6.31. The molecular weight excluding hydrogens is 285 g/mol. The van der Waals surface area contributed by atoms with Crippen LogP contribution in [0.25, 0.3) is 0 Å². The molecule has 1 aliphatic rings. The molecule has 1 heterocycles. The minimum atomic E-state index is -0.572. The molecule has 124 valence electrons. The molecule has 2 unspecified atom stereocenters. The van der Waals surface area contributed by atoms with Gasteiger partial charge in [-0.2, -0.15) is 0 Å². The Balaban J connectivity index is 1.95. The summed E-state index contributed by atoms with van der Waals surface area (Å²) in [4.78, 5) is 0. The van der Waals surface area contributed by atoms with Crippen LogP contribution in [-0.2, 0) is 9.47 Å². The number of hydrogen-bond acceptors (Lipinski definition) is 4. The maximum atomic E-state index is 13.8. The maximum Gasteiger partial charge on any atom is 0.163 e. The molecule has 0 spiro atoms. The van der Waals surface area contributed by atoms with Crippen LogP contribution in [-0.4, -0.2) is 31.6 Å². The monoisotopic (exact) mass is 311 g/mol. The quantitative estimate of drug-likeness (QED) is 0.840. The third-order valence-corrected chi connectivity index (χ3v) is 3.81. The molecule has 0 aliphatic carbocycles. The van der Waals surface area contributed by atoms with Gasteiger partial charge in [-0.05, 0) is 56.8 Å². The number of nitrogens with two attached hydrogens (primary N) is 1. The minimum Gasteiger partial charge on any atom is -0.491 e. The SMILES string of the molecule is CC(CCCN)c1cc(F)cc(OCC2COC(C)(C)O2)c1. The highest BCUT2D eigenvalue weighted by Crippen LogP contribution is 2.27. The van der Waals surface area contributed by atoms with Gasteiger partial charge in [-0.3, -0.25) is 0 Å². The molecule has 5 heteroatoms. The van der Waals surface area contributed by atoms with Crippen LogP contribution in [0.5, 0.6) is 5.75 Å². The summed E-state index contributed by atoms with van der Waals surface area (Å²) in [6.45, 7) is 7.30. The van der Waals surface area contributed by atoms with E-state index >= 15 is 0 Å². The van der Waals surface area contributed by atoms with Crippen molar-refractivity contribution >= 4 is 0 Å². The van der Waals surface area contributed by atoms with Crippen LogP contribution >= 0.6 is 0 Å². The number of benzene rings is 1. The fourth-order valence-corrected chi connectivity index (χ4v) is 2.58. The molecule has 0 aromatic heterocycles. The molecule has 22 heavy (non-hydrogen) atoms. The van der Waals surface area contributed by atoms with Crippen molar-refractivity contribution in [2.45, 2.75) is 51.4 Å². The van der Waals surface area contributed by atoms with Crippen LogP contribution < -0.4 is 10.5 Å². The Morgan fingerprint density at radius 2 is 2.18 bits per heavy atom. The van der Waals surface area contributed by atoms with Gasteiger partial charge in [0.05, 0.1) is 6.61 Å². The summed E-state index contributed by atoms with van der Waals surface area (Å²) in [5.74, 6) is -0.0665. The zero-order valence-corrected chi connectivity index (χ0v) is 13.6. The first-order valence-electron chi connectivity index (χ1n) is 7.85. The zero-order chi connectivity index (χ0) is 16.2. The van der Waals surface area contributed by atoms with E-state index < -0.39 is 5.79 Å². The van der Waals surface area contributed by atoms with E-state index in [2.05, 4.69) is 6.92 Å². The summed E-state index contributed by atoms with van der Waals surface area (Å²) in [5, 5.41) is 0. The van der Waals surface area contributed by atoms with Gasteiger partial charge in [0.1, 0.15) is 24.3 Å². The van der Waals surface area contributed by atoms with E-state index in [0.717, 1.165) is 18.4 Å². The van der Waals surface area contributed by atoms with Crippen LogP contribution in [0, 0.1) is 5.82 Å². The lowest BCUT2D eigenvalue weighted by Crippen LogP contribution is -2.25. The predicted molar refractivity (Wildman–Crippen MR) is 83.5 cm³/mol. The van der Waals surface area contributed by atoms with Gasteiger partial charge < -0.3 is 19.9 Å². The van der Waals surface area contributed by atoms with Crippen LogP contribution in [0.15, 0.2) is 18.2 Å². The van der Waals surface area contributed by atoms with Gasteiger partial charge in [0.2, 0.25) is 0 Å². The summed E-state index contributed by atoms with van der Waals surface area (Å²) in [6, 6.07) is 4.86. The predicted octanol–water partition coefficient (Wildman–Crippen LogP) is 3.20. The Bertz CT molecular complexity index is 493. The third kappa shape index (κ3) is 4.93. The summed E-state index contributed by atoms with van der Waals surface area (Å²) in [5.41, 5.74) is 6.47.